The minimum absolute atomic E-state index is 0.122. The Kier molecular flexibility index (Phi) is 10.2. The summed E-state index contributed by atoms with van der Waals surface area (Å²) in [6.07, 6.45) is -0.661. The molecule has 0 aliphatic carbocycles. The molecule has 190 valence electrons. The van der Waals surface area contributed by atoms with Gasteiger partial charge in [0.15, 0.2) is 11.6 Å². The molecule has 0 saturated heterocycles. The first-order chi connectivity index (χ1) is 16.9. The smallest absolute Gasteiger partial charge is 0.227 e. The van der Waals surface area contributed by atoms with Crippen LogP contribution in [0, 0.1) is 18.7 Å². The minimum atomic E-state index is -0.661. The highest BCUT2D eigenvalue weighted by Gasteiger charge is 2.23. The summed E-state index contributed by atoms with van der Waals surface area (Å²) in [4.78, 5) is 2.07. The van der Waals surface area contributed by atoms with E-state index in [4.69, 9.17) is 19.3 Å². The Morgan fingerprint density at radius 3 is 2.46 bits per heavy atom. The van der Waals surface area contributed by atoms with Crippen molar-refractivity contribution in [1.82, 2.24) is 14.7 Å². The van der Waals surface area contributed by atoms with E-state index in [1.54, 1.807) is 30.0 Å². The third-order valence-corrected chi connectivity index (χ3v) is 5.41. The van der Waals surface area contributed by atoms with E-state index in [0.29, 0.717) is 44.6 Å². The second-order valence-electron chi connectivity index (χ2n) is 8.96. The number of rotatable bonds is 14. The van der Waals surface area contributed by atoms with Crippen molar-refractivity contribution in [2.75, 3.05) is 40.0 Å². The van der Waals surface area contributed by atoms with Crippen LogP contribution in [-0.2, 0) is 16.0 Å². The summed E-state index contributed by atoms with van der Waals surface area (Å²) in [6, 6.07) is 15.9. The zero-order valence-corrected chi connectivity index (χ0v) is 21.0. The predicted molar refractivity (Wildman–Crippen MR) is 134 cm³/mol. The topological polar surface area (TPSA) is 69.0 Å². The van der Waals surface area contributed by atoms with E-state index in [9.17, 15) is 9.50 Å². The average molecular weight is 486 g/mol. The summed E-state index contributed by atoms with van der Waals surface area (Å²) in [6.45, 7) is 8.80. The molecule has 1 aromatic heterocycles. The molecule has 0 saturated carbocycles. The van der Waals surface area contributed by atoms with Gasteiger partial charge < -0.3 is 19.3 Å². The summed E-state index contributed by atoms with van der Waals surface area (Å²) < 4.78 is 33.2. The molecule has 1 atom stereocenters. The third-order valence-electron chi connectivity index (χ3n) is 5.41. The maximum absolute atomic E-state index is 14.5. The number of ether oxygens (including phenoxy) is 3. The highest BCUT2D eigenvalue weighted by molar-refractivity contribution is 5.43. The van der Waals surface area contributed by atoms with E-state index in [0.717, 1.165) is 16.9 Å². The van der Waals surface area contributed by atoms with Crippen LogP contribution in [0.25, 0.3) is 5.69 Å². The molecular weight excluding hydrogens is 449 g/mol. The molecular formula is C27H36FN3O4. The molecule has 0 amide bonds. The van der Waals surface area contributed by atoms with Crippen molar-refractivity contribution < 1.29 is 23.7 Å². The molecule has 3 rings (SSSR count). The molecule has 0 aliphatic heterocycles. The van der Waals surface area contributed by atoms with Gasteiger partial charge in [-0.25, -0.2) is 9.07 Å². The van der Waals surface area contributed by atoms with Gasteiger partial charge in [-0.3, -0.25) is 4.90 Å². The molecule has 1 N–H and O–H groups in total. The second-order valence-corrected chi connectivity index (χ2v) is 8.96. The maximum atomic E-state index is 14.5. The van der Waals surface area contributed by atoms with Gasteiger partial charge in [-0.2, -0.15) is 5.10 Å². The standard InChI is InChI=1S/C27H36FN3O4/c1-20(2)18-34-19-23(32)16-30(14-15-33-4)17-24-21(3)29-31(22-10-6-5-7-11-22)27(24)35-26-13-9-8-12-25(26)28/h5-13,20,23,32H,14-19H2,1-4H3/t23-/m0/s1. The lowest BCUT2D eigenvalue weighted by Crippen LogP contribution is -2.37. The summed E-state index contributed by atoms with van der Waals surface area (Å²) >= 11 is 0. The molecule has 0 radical (unpaired) electrons. The molecule has 7 nitrogen and oxygen atoms in total. The number of methoxy groups -OCH3 is 1. The van der Waals surface area contributed by atoms with Gasteiger partial charge in [-0.15, -0.1) is 0 Å². The Hall–Kier alpha value is -2.78. The minimum Gasteiger partial charge on any atom is -0.435 e. The van der Waals surface area contributed by atoms with Gasteiger partial charge in [-0.05, 0) is 37.1 Å². The van der Waals surface area contributed by atoms with E-state index in [2.05, 4.69) is 18.7 Å². The number of aromatic nitrogens is 2. The molecule has 35 heavy (non-hydrogen) atoms. The number of nitrogens with zero attached hydrogens (tertiary/aromatic N) is 3. The van der Waals surface area contributed by atoms with Crippen LogP contribution in [0.15, 0.2) is 54.6 Å². The van der Waals surface area contributed by atoms with Gasteiger partial charge >= 0.3 is 0 Å². The first-order valence-electron chi connectivity index (χ1n) is 11.9. The second kappa shape index (κ2) is 13.3. The van der Waals surface area contributed by atoms with Gasteiger partial charge in [0.1, 0.15) is 0 Å². The van der Waals surface area contributed by atoms with Crippen LogP contribution in [0.1, 0.15) is 25.1 Å². The fourth-order valence-corrected chi connectivity index (χ4v) is 3.67. The Morgan fingerprint density at radius 2 is 1.77 bits per heavy atom. The molecule has 0 aliphatic rings. The largest absolute Gasteiger partial charge is 0.435 e. The quantitative estimate of drug-likeness (QED) is 0.360. The van der Waals surface area contributed by atoms with Crippen LogP contribution in [0.4, 0.5) is 4.39 Å². The molecule has 1 heterocycles. The molecule has 0 spiro atoms. The Morgan fingerprint density at radius 1 is 1.06 bits per heavy atom. The fourth-order valence-electron chi connectivity index (χ4n) is 3.67. The molecule has 0 fully saturated rings. The monoisotopic (exact) mass is 485 g/mol. The van der Waals surface area contributed by atoms with Crippen molar-refractivity contribution in [2.24, 2.45) is 5.92 Å². The van der Waals surface area contributed by atoms with Crippen molar-refractivity contribution >= 4 is 0 Å². The highest BCUT2D eigenvalue weighted by atomic mass is 19.1. The molecule has 0 bridgehead atoms. The van der Waals surface area contributed by atoms with E-state index in [1.807, 2.05) is 37.3 Å². The zero-order valence-electron chi connectivity index (χ0n) is 21.0. The van der Waals surface area contributed by atoms with Gasteiger partial charge in [0.25, 0.3) is 0 Å². The lowest BCUT2D eigenvalue weighted by Gasteiger charge is -2.25. The lowest BCUT2D eigenvalue weighted by atomic mass is 10.2. The average Bonchev–Trinajstić information content (AvgIpc) is 3.14. The van der Waals surface area contributed by atoms with Gasteiger partial charge in [-0.1, -0.05) is 44.2 Å². The lowest BCUT2D eigenvalue weighted by molar-refractivity contribution is 0.00323. The van der Waals surface area contributed by atoms with E-state index < -0.39 is 11.9 Å². The van der Waals surface area contributed by atoms with E-state index >= 15 is 0 Å². The third kappa shape index (κ3) is 7.86. The molecule has 0 unspecified atom stereocenters. The Bertz CT molecular complexity index is 1040. The van der Waals surface area contributed by atoms with Crippen LogP contribution in [-0.4, -0.2) is 65.9 Å². The summed E-state index contributed by atoms with van der Waals surface area (Å²) in [5.74, 6) is 0.505. The number of halogens is 1. The van der Waals surface area contributed by atoms with E-state index in [1.165, 1.54) is 6.07 Å². The number of para-hydroxylation sites is 2. The first-order valence-corrected chi connectivity index (χ1v) is 11.9. The highest BCUT2D eigenvalue weighted by Crippen LogP contribution is 2.32. The fraction of sp³-hybridized carbons (Fsp3) is 0.444. The van der Waals surface area contributed by atoms with Crippen LogP contribution in [0.5, 0.6) is 11.6 Å². The number of hydrogen-bond donors (Lipinski definition) is 1. The van der Waals surface area contributed by atoms with Crippen molar-refractivity contribution in [2.45, 2.75) is 33.4 Å². The summed E-state index contributed by atoms with van der Waals surface area (Å²) in [7, 11) is 1.64. The number of aryl methyl sites for hydroxylation is 1. The number of aliphatic hydroxyl groups is 1. The van der Waals surface area contributed by atoms with Crippen LogP contribution < -0.4 is 4.74 Å². The first kappa shape index (κ1) is 26.8. The van der Waals surface area contributed by atoms with Crippen molar-refractivity contribution in [1.29, 1.82) is 0 Å². The van der Waals surface area contributed by atoms with Gasteiger partial charge in [0.05, 0.1) is 36.3 Å². The Balaban J connectivity index is 1.90. The van der Waals surface area contributed by atoms with Crippen molar-refractivity contribution in [3.05, 3.63) is 71.7 Å². The van der Waals surface area contributed by atoms with Crippen LogP contribution >= 0.6 is 0 Å². The SMILES string of the molecule is COCCN(Cc1c(C)nn(-c2ccccc2)c1Oc1ccccc1F)C[C@H](O)COCC(C)C. The predicted octanol–water partition coefficient (Wildman–Crippen LogP) is 4.59. The number of benzene rings is 2. The molecule has 3 aromatic rings. The summed E-state index contributed by atoms with van der Waals surface area (Å²) in [5, 5.41) is 15.3. The summed E-state index contributed by atoms with van der Waals surface area (Å²) in [5.41, 5.74) is 2.37. The van der Waals surface area contributed by atoms with Crippen molar-refractivity contribution in [3.8, 4) is 17.3 Å². The van der Waals surface area contributed by atoms with E-state index in [-0.39, 0.29) is 12.4 Å². The van der Waals surface area contributed by atoms with Gasteiger partial charge in [0, 0.05) is 33.4 Å². The molecule has 2 aromatic carbocycles. The normalized spacial score (nSPS) is 12.5. The van der Waals surface area contributed by atoms with Crippen molar-refractivity contribution in [3.63, 3.8) is 0 Å². The maximum Gasteiger partial charge on any atom is 0.227 e. The molecule has 8 heteroatoms. The number of aliphatic hydroxyl groups excluding tert-OH is 1. The number of hydrogen-bond acceptors (Lipinski definition) is 6. The van der Waals surface area contributed by atoms with Crippen LogP contribution in [0.2, 0.25) is 0 Å². The Labute approximate surface area is 207 Å². The van der Waals surface area contributed by atoms with Crippen LogP contribution in [0.3, 0.4) is 0 Å². The zero-order chi connectivity index (χ0) is 25.2. The van der Waals surface area contributed by atoms with Gasteiger partial charge in [0.2, 0.25) is 5.88 Å².